The molecule has 1 aromatic carbocycles. The Hall–Kier alpha value is -2.41. The number of aryl methyl sites for hydroxylation is 1. The minimum atomic E-state index is -0.334. The zero-order chi connectivity index (χ0) is 19.1. The van der Waals surface area contributed by atoms with E-state index in [-0.39, 0.29) is 24.9 Å². The maximum atomic E-state index is 12.1. The van der Waals surface area contributed by atoms with E-state index in [1.165, 1.54) is 11.3 Å². The van der Waals surface area contributed by atoms with Crippen LogP contribution in [0.5, 0.6) is 5.75 Å². The molecule has 2 rings (SSSR count). The van der Waals surface area contributed by atoms with Crippen molar-refractivity contribution in [1.82, 2.24) is 4.98 Å². The largest absolute Gasteiger partial charge is 0.483 e. The number of hydrogen-bond acceptors (Lipinski definition) is 6. The monoisotopic (exact) mass is 376 g/mol. The van der Waals surface area contributed by atoms with Crippen LogP contribution >= 0.6 is 11.3 Å². The summed E-state index contributed by atoms with van der Waals surface area (Å²) in [4.78, 5) is 27.7. The van der Waals surface area contributed by atoms with Gasteiger partial charge in [0.15, 0.2) is 11.7 Å². The zero-order valence-electron chi connectivity index (χ0n) is 15.5. The summed E-state index contributed by atoms with van der Waals surface area (Å²) >= 11 is 1.26. The van der Waals surface area contributed by atoms with Gasteiger partial charge in [0.1, 0.15) is 5.75 Å². The minimum absolute atomic E-state index is 0.0951. The van der Waals surface area contributed by atoms with Crippen LogP contribution in [0.25, 0.3) is 0 Å². The lowest BCUT2D eigenvalue weighted by atomic mass is 10.0. The van der Waals surface area contributed by atoms with E-state index in [0.29, 0.717) is 29.1 Å². The van der Waals surface area contributed by atoms with E-state index in [0.717, 1.165) is 11.1 Å². The molecule has 1 amide bonds. The van der Waals surface area contributed by atoms with E-state index in [1.807, 2.05) is 19.1 Å². The molecular formula is C19H24N2O4S. The summed E-state index contributed by atoms with van der Waals surface area (Å²) < 4.78 is 10.5. The van der Waals surface area contributed by atoms with Crippen molar-refractivity contribution >= 4 is 28.3 Å². The molecule has 1 aromatic heterocycles. The van der Waals surface area contributed by atoms with Crippen molar-refractivity contribution in [2.75, 3.05) is 18.5 Å². The van der Waals surface area contributed by atoms with E-state index in [4.69, 9.17) is 9.47 Å². The molecule has 0 aliphatic heterocycles. The molecule has 0 atom stereocenters. The average molecular weight is 376 g/mol. The summed E-state index contributed by atoms with van der Waals surface area (Å²) in [6.45, 7) is 8.15. The Bertz CT molecular complexity index is 771. The Labute approximate surface area is 157 Å². The minimum Gasteiger partial charge on any atom is -0.483 e. The molecule has 0 aliphatic rings. The second-order valence-corrected chi connectivity index (χ2v) is 7.00. The first-order chi connectivity index (χ1) is 12.4. The summed E-state index contributed by atoms with van der Waals surface area (Å²) in [6, 6.07) is 6.02. The highest BCUT2D eigenvalue weighted by molar-refractivity contribution is 7.13. The van der Waals surface area contributed by atoms with Crippen LogP contribution in [0.4, 0.5) is 5.13 Å². The van der Waals surface area contributed by atoms with E-state index in [1.54, 1.807) is 12.3 Å². The van der Waals surface area contributed by atoms with Crippen molar-refractivity contribution in [2.45, 2.75) is 40.0 Å². The third-order valence-corrected chi connectivity index (χ3v) is 4.47. The molecule has 0 aliphatic carbocycles. The fraction of sp³-hybridized carbons (Fsp3) is 0.421. The molecule has 1 heterocycles. The van der Waals surface area contributed by atoms with E-state index in [2.05, 4.69) is 30.2 Å². The van der Waals surface area contributed by atoms with Crippen LogP contribution < -0.4 is 10.1 Å². The van der Waals surface area contributed by atoms with Crippen molar-refractivity contribution in [3.05, 3.63) is 40.4 Å². The Morgan fingerprint density at radius 2 is 2.08 bits per heavy atom. The van der Waals surface area contributed by atoms with Crippen LogP contribution in [-0.4, -0.2) is 30.1 Å². The van der Waals surface area contributed by atoms with Crippen LogP contribution in [-0.2, 0) is 20.7 Å². The maximum Gasteiger partial charge on any atom is 0.311 e. The van der Waals surface area contributed by atoms with E-state index < -0.39 is 0 Å². The molecule has 0 fully saturated rings. The first kappa shape index (κ1) is 19.9. The lowest BCUT2D eigenvalue weighted by Crippen LogP contribution is -2.20. The van der Waals surface area contributed by atoms with E-state index in [9.17, 15) is 9.59 Å². The summed E-state index contributed by atoms with van der Waals surface area (Å²) in [6.07, 6.45) is 0.0951. The Balaban J connectivity index is 1.89. The highest BCUT2D eigenvalue weighted by Crippen LogP contribution is 2.24. The molecule has 0 radical (unpaired) electrons. The number of hydrogen-bond donors (Lipinski definition) is 1. The van der Waals surface area contributed by atoms with Crippen molar-refractivity contribution in [3.63, 3.8) is 0 Å². The lowest BCUT2D eigenvalue weighted by molar-refractivity contribution is -0.142. The quantitative estimate of drug-likeness (QED) is 0.711. The summed E-state index contributed by atoms with van der Waals surface area (Å²) in [7, 11) is 0. The first-order valence-electron chi connectivity index (χ1n) is 8.52. The van der Waals surface area contributed by atoms with Gasteiger partial charge in [-0.2, -0.15) is 0 Å². The molecule has 26 heavy (non-hydrogen) atoms. The normalized spacial score (nSPS) is 10.7. The molecule has 140 valence electrons. The number of nitrogens with zero attached hydrogens (tertiary/aromatic N) is 1. The van der Waals surface area contributed by atoms with Gasteiger partial charge in [-0.05, 0) is 37.0 Å². The van der Waals surface area contributed by atoms with Crippen LogP contribution in [0.1, 0.15) is 43.5 Å². The highest BCUT2D eigenvalue weighted by Gasteiger charge is 2.12. The Morgan fingerprint density at radius 3 is 2.77 bits per heavy atom. The van der Waals surface area contributed by atoms with Gasteiger partial charge < -0.3 is 9.47 Å². The molecule has 0 bridgehead atoms. The SMILES string of the molecule is CCOC(=O)Cc1csc(NC(=O)COc2cc(C(C)C)ccc2C)n1. The lowest BCUT2D eigenvalue weighted by Gasteiger charge is -2.12. The number of carbonyl (C=O) groups is 2. The fourth-order valence-corrected chi connectivity index (χ4v) is 2.96. The molecule has 0 unspecified atom stereocenters. The molecular weight excluding hydrogens is 352 g/mol. The predicted molar refractivity (Wildman–Crippen MR) is 102 cm³/mol. The molecule has 7 heteroatoms. The van der Waals surface area contributed by atoms with Crippen molar-refractivity contribution in [3.8, 4) is 5.75 Å². The number of aromatic nitrogens is 1. The Kier molecular flexibility index (Phi) is 7.15. The third-order valence-electron chi connectivity index (χ3n) is 3.67. The number of anilines is 1. The zero-order valence-corrected chi connectivity index (χ0v) is 16.3. The van der Waals surface area contributed by atoms with Gasteiger partial charge in [0.05, 0.1) is 18.7 Å². The molecule has 2 aromatic rings. The van der Waals surface area contributed by atoms with Gasteiger partial charge in [0.2, 0.25) is 0 Å². The fourth-order valence-electron chi connectivity index (χ4n) is 2.24. The van der Waals surface area contributed by atoms with E-state index >= 15 is 0 Å². The number of ether oxygens (including phenoxy) is 2. The van der Waals surface area contributed by atoms with Crippen molar-refractivity contribution < 1.29 is 19.1 Å². The third kappa shape index (κ3) is 5.84. The van der Waals surface area contributed by atoms with Gasteiger partial charge in [0.25, 0.3) is 5.91 Å². The van der Waals surface area contributed by atoms with Crippen LogP contribution in [0, 0.1) is 6.92 Å². The molecule has 0 saturated heterocycles. The van der Waals surface area contributed by atoms with Gasteiger partial charge in [0, 0.05) is 5.38 Å². The number of thiazole rings is 1. The van der Waals surface area contributed by atoms with Gasteiger partial charge in [-0.3, -0.25) is 14.9 Å². The molecule has 0 spiro atoms. The van der Waals surface area contributed by atoms with Gasteiger partial charge >= 0.3 is 5.97 Å². The summed E-state index contributed by atoms with van der Waals surface area (Å²) in [5, 5.41) is 4.85. The maximum absolute atomic E-state index is 12.1. The number of nitrogens with one attached hydrogen (secondary N) is 1. The van der Waals surface area contributed by atoms with Crippen LogP contribution in [0.3, 0.4) is 0 Å². The topological polar surface area (TPSA) is 77.5 Å². The van der Waals surface area contributed by atoms with Crippen molar-refractivity contribution in [1.29, 1.82) is 0 Å². The first-order valence-corrected chi connectivity index (χ1v) is 9.40. The standard InChI is InChI=1S/C19H24N2O4S/c1-5-24-18(23)9-15-11-26-19(20-15)21-17(22)10-25-16-8-14(12(2)3)7-6-13(16)4/h6-8,11-12H,5,9-10H2,1-4H3,(H,20,21,22). The van der Waals surface area contributed by atoms with Crippen molar-refractivity contribution in [2.24, 2.45) is 0 Å². The molecule has 0 saturated carbocycles. The summed E-state index contributed by atoms with van der Waals surface area (Å²) in [5.41, 5.74) is 2.72. The predicted octanol–water partition coefficient (Wildman–Crippen LogP) is 3.70. The molecule has 6 nitrogen and oxygen atoms in total. The second-order valence-electron chi connectivity index (χ2n) is 6.14. The number of carbonyl (C=O) groups excluding carboxylic acids is 2. The van der Waals surface area contributed by atoms with Gasteiger partial charge in [-0.15, -0.1) is 11.3 Å². The number of benzene rings is 1. The van der Waals surface area contributed by atoms with Gasteiger partial charge in [-0.25, -0.2) is 4.98 Å². The summed E-state index contributed by atoms with van der Waals surface area (Å²) in [5.74, 6) is 0.462. The smallest absolute Gasteiger partial charge is 0.311 e. The van der Waals surface area contributed by atoms with Gasteiger partial charge in [-0.1, -0.05) is 26.0 Å². The van der Waals surface area contributed by atoms with Crippen LogP contribution in [0.2, 0.25) is 0 Å². The average Bonchev–Trinajstić information content (AvgIpc) is 3.00. The van der Waals surface area contributed by atoms with Crippen LogP contribution in [0.15, 0.2) is 23.6 Å². The second kappa shape index (κ2) is 9.33. The highest BCUT2D eigenvalue weighted by atomic mass is 32.1. The Morgan fingerprint density at radius 1 is 1.31 bits per heavy atom. The number of amides is 1. The molecule has 1 N–H and O–H groups in total. The number of rotatable bonds is 8. The number of esters is 1.